The van der Waals surface area contributed by atoms with Crippen LogP contribution in [0.2, 0.25) is 0 Å². The van der Waals surface area contributed by atoms with E-state index in [0.717, 1.165) is 11.3 Å². The minimum atomic E-state index is 0.468. The van der Waals surface area contributed by atoms with Crippen molar-refractivity contribution in [1.82, 2.24) is 4.98 Å². The van der Waals surface area contributed by atoms with Crippen molar-refractivity contribution >= 4 is 5.82 Å². The first-order valence-corrected chi connectivity index (χ1v) is 5.20. The molecule has 0 fully saturated rings. The highest BCUT2D eigenvalue weighted by Crippen LogP contribution is 2.37. The van der Waals surface area contributed by atoms with Crippen molar-refractivity contribution in [2.75, 3.05) is 20.0 Å². The molecule has 88 valence electrons. The Balaban J connectivity index is 2.64. The number of nitrogen functional groups attached to an aromatic ring is 1. The molecule has 0 aliphatic heterocycles. The minimum absolute atomic E-state index is 0.468. The van der Waals surface area contributed by atoms with E-state index in [4.69, 9.17) is 15.2 Å². The van der Waals surface area contributed by atoms with Gasteiger partial charge in [-0.3, -0.25) is 0 Å². The van der Waals surface area contributed by atoms with Gasteiger partial charge in [-0.1, -0.05) is 12.1 Å². The van der Waals surface area contributed by atoms with Crippen molar-refractivity contribution in [3.8, 4) is 22.8 Å². The number of aromatic nitrogens is 1. The summed E-state index contributed by atoms with van der Waals surface area (Å²) in [6.45, 7) is 0. The number of hydrogen-bond donors (Lipinski definition) is 1. The lowest BCUT2D eigenvalue weighted by atomic mass is 10.1. The van der Waals surface area contributed by atoms with Gasteiger partial charge in [-0.2, -0.15) is 0 Å². The number of rotatable bonds is 3. The maximum atomic E-state index is 5.69. The highest BCUT2D eigenvalue weighted by molar-refractivity contribution is 5.74. The van der Waals surface area contributed by atoms with E-state index in [2.05, 4.69) is 4.98 Å². The number of pyridine rings is 1. The van der Waals surface area contributed by atoms with E-state index in [-0.39, 0.29) is 0 Å². The van der Waals surface area contributed by atoms with E-state index in [1.807, 2.05) is 30.3 Å². The molecule has 4 heteroatoms. The van der Waals surface area contributed by atoms with Gasteiger partial charge in [0.05, 0.1) is 25.5 Å². The quantitative estimate of drug-likeness (QED) is 0.879. The third-order valence-electron chi connectivity index (χ3n) is 2.45. The molecule has 0 saturated heterocycles. The maximum absolute atomic E-state index is 5.69. The van der Waals surface area contributed by atoms with Crippen molar-refractivity contribution in [3.05, 3.63) is 36.4 Å². The van der Waals surface area contributed by atoms with Crippen LogP contribution < -0.4 is 15.2 Å². The standard InChI is InChI=1S/C13H14N2O2/c1-16-10-6-4-7-11(17-2)13(10)9-5-3-8-12(14)15-9/h3-8H,1-2H3,(H2,14,15). The predicted molar refractivity (Wildman–Crippen MR) is 67.2 cm³/mol. The summed E-state index contributed by atoms with van der Waals surface area (Å²) in [5.41, 5.74) is 7.23. The van der Waals surface area contributed by atoms with Crippen LogP contribution in [0.4, 0.5) is 5.82 Å². The van der Waals surface area contributed by atoms with Crippen LogP contribution in [0.25, 0.3) is 11.3 Å². The van der Waals surface area contributed by atoms with Crippen molar-refractivity contribution < 1.29 is 9.47 Å². The van der Waals surface area contributed by atoms with Crippen LogP contribution in [0.3, 0.4) is 0 Å². The SMILES string of the molecule is COc1cccc(OC)c1-c1cccc(N)n1. The number of anilines is 1. The summed E-state index contributed by atoms with van der Waals surface area (Å²) in [4.78, 5) is 4.28. The zero-order valence-corrected chi connectivity index (χ0v) is 9.81. The molecule has 0 aliphatic carbocycles. The highest BCUT2D eigenvalue weighted by atomic mass is 16.5. The Morgan fingerprint density at radius 2 is 1.53 bits per heavy atom. The fraction of sp³-hybridized carbons (Fsp3) is 0.154. The van der Waals surface area contributed by atoms with Gasteiger partial charge in [-0.25, -0.2) is 4.98 Å². The fourth-order valence-electron chi connectivity index (χ4n) is 1.69. The average Bonchev–Trinajstić information content (AvgIpc) is 2.37. The lowest BCUT2D eigenvalue weighted by molar-refractivity contribution is 0.397. The molecule has 2 aromatic rings. The Labute approximate surface area is 100 Å². The molecular weight excluding hydrogens is 216 g/mol. The van der Waals surface area contributed by atoms with Crippen LogP contribution in [0, 0.1) is 0 Å². The molecule has 0 saturated carbocycles. The fourth-order valence-corrected chi connectivity index (χ4v) is 1.69. The molecule has 0 amide bonds. The van der Waals surface area contributed by atoms with Crippen LogP contribution >= 0.6 is 0 Å². The first kappa shape index (κ1) is 11.3. The molecule has 2 N–H and O–H groups in total. The average molecular weight is 230 g/mol. The number of hydrogen-bond acceptors (Lipinski definition) is 4. The third kappa shape index (κ3) is 2.15. The van der Waals surface area contributed by atoms with Crippen molar-refractivity contribution in [3.63, 3.8) is 0 Å². The Hall–Kier alpha value is -2.23. The molecule has 0 spiro atoms. The summed E-state index contributed by atoms with van der Waals surface area (Å²) >= 11 is 0. The third-order valence-corrected chi connectivity index (χ3v) is 2.45. The summed E-state index contributed by atoms with van der Waals surface area (Å²) in [7, 11) is 3.23. The van der Waals surface area contributed by atoms with Gasteiger partial charge < -0.3 is 15.2 Å². The van der Waals surface area contributed by atoms with Gasteiger partial charge in [0, 0.05) is 0 Å². The van der Waals surface area contributed by atoms with Crippen LogP contribution in [-0.2, 0) is 0 Å². The van der Waals surface area contributed by atoms with Gasteiger partial charge in [-0.15, -0.1) is 0 Å². The van der Waals surface area contributed by atoms with Crippen molar-refractivity contribution in [1.29, 1.82) is 0 Å². The summed E-state index contributed by atoms with van der Waals surface area (Å²) in [6.07, 6.45) is 0. The second-order valence-electron chi connectivity index (χ2n) is 3.49. The topological polar surface area (TPSA) is 57.4 Å². The summed E-state index contributed by atoms with van der Waals surface area (Å²) < 4.78 is 10.6. The molecule has 0 atom stereocenters. The maximum Gasteiger partial charge on any atom is 0.132 e. The molecule has 1 aromatic heterocycles. The normalized spacial score (nSPS) is 10.0. The van der Waals surface area contributed by atoms with Crippen LogP contribution in [0.5, 0.6) is 11.5 Å². The van der Waals surface area contributed by atoms with Gasteiger partial charge in [0.2, 0.25) is 0 Å². The summed E-state index contributed by atoms with van der Waals surface area (Å²) in [5, 5.41) is 0. The number of ether oxygens (including phenoxy) is 2. The highest BCUT2D eigenvalue weighted by Gasteiger charge is 2.13. The van der Waals surface area contributed by atoms with Gasteiger partial charge in [0.25, 0.3) is 0 Å². The van der Waals surface area contributed by atoms with E-state index >= 15 is 0 Å². The van der Waals surface area contributed by atoms with E-state index in [1.54, 1.807) is 20.3 Å². The Bertz CT molecular complexity index is 504. The molecule has 1 heterocycles. The molecule has 0 bridgehead atoms. The Morgan fingerprint density at radius 3 is 2.06 bits per heavy atom. The minimum Gasteiger partial charge on any atom is -0.496 e. The number of benzene rings is 1. The summed E-state index contributed by atoms with van der Waals surface area (Å²) in [5.74, 6) is 1.89. The van der Waals surface area contributed by atoms with Gasteiger partial charge in [0.1, 0.15) is 17.3 Å². The number of nitrogens with zero attached hydrogens (tertiary/aromatic N) is 1. The first-order chi connectivity index (χ1) is 8.26. The second-order valence-corrected chi connectivity index (χ2v) is 3.49. The smallest absolute Gasteiger partial charge is 0.132 e. The molecule has 2 rings (SSSR count). The molecule has 0 aliphatic rings. The van der Waals surface area contributed by atoms with E-state index < -0.39 is 0 Å². The lowest BCUT2D eigenvalue weighted by Gasteiger charge is -2.12. The predicted octanol–water partition coefficient (Wildman–Crippen LogP) is 2.35. The van der Waals surface area contributed by atoms with Crippen molar-refractivity contribution in [2.24, 2.45) is 0 Å². The zero-order chi connectivity index (χ0) is 12.3. The molecule has 1 aromatic carbocycles. The number of nitrogens with two attached hydrogens (primary N) is 1. The molecular formula is C13H14N2O2. The van der Waals surface area contributed by atoms with E-state index in [0.29, 0.717) is 17.3 Å². The monoisotopic (exact) mass is 230 g/mol. The van der Waals surface area contributed by atoms with E-state index in [9.17, 15) is 0 Å². The summed E-state index contributed by atoms with van der Waals surface area (Å²) in [6, 6.07) is 11.1. The van der Waals surface area contributed by atoms with Crippen LogP contribution in [0.1, 0.15) is 0 Å². The van der Waals surface area contributed by atoms with Crippen LogP contribution in [0.15, 0.2) is 36.4 Å². The van der Waals surface area contributed by atoms with Crippen molar-refractivity contribution in [2.45, 2.75) is 0 Å². The van der Waals surface area contributed by atoms with Crippen LogP contribution in [-0.4, -0.2) is 19.2 Å². The second kappa shape index (κ2) is 4.74. The van der Waals surface area contributed by atoms with Gasteiger partial charge in [0.15, 0.2) is 0 Å². The Kier molecular flexibility index (Phi) is 3.14. The zero-order valence-electron chi connectivity index (χ0n) is 9.81. The van der Waals surface area contributed by atoms with Gasteiger partial charge in [-0.05, 0) is 24.3 Å². The Morgan fingerprint density at radius 1 is 0.941 bits per heavy atom. The van der Waals surface area contributed by atoms with Gasteiger partial charge >= 0.3 is 0 Å². The van der Waals surface area contributed by atoms with E-state index in [1.165, 1.54) is 0 Å². The molecule has 0 unspecified atom stereocenters. The first-order valence-electron chi connectivity index (χ1n) is 5.20. The molecule has 17 heavy (non-hydrogen) atoms. The molecule has 0 radical (unpaired) electrons. The molecule has 4 nitrogen and oxygen atoms in total. The largest absolute Gasteiger partial charge is 0.496 e. The lowest BCUT2D eigenvalue weighted by Crippen LogP contribution is -1.96. The number of methoxy groups -OCH3 is 2.